The van der Waals surface area contributed by atoms with Crippen LogP contribution in [0.1, 0.15) is 0 Å². The number of hydrogen-bond donors (Lipinski definition) is 1. The van der Waals surface area contributed by atoms with Crippen LogP contribution in [0.2, 0.25) is 0 Å². The molecule has 2 aliphatic rings. The van der Waals surface area contributed by atoms with Crippen molar-refractivity contribution in [3.8, 4) is 0 Å². The van der Waals surface area contributed by atoms with Gasteiger partial charge in [-0.2, -0.15) is 13.0 Å². The molecule has 0 radical (unpaired) electrons. The highest BCUT2D eigenvalue weighted by Gasteiger charge is 2.35. The number of aliphatic hydroxyl groups excluding tert-OH is 1. The molecule has 108 valence electrons. The molecule has 0 aliphatic carbocycles. The number of rotatable bonds is 3. The van der Waals surface area contributed by atoms with E-state index in [-0.39, 0.29) is 24.7 Å². The molecular formula is C11H13N3O4S2. The van der Waals surface area contributed by atoms with Gasteiger partial charge >= 0.3 is 0 Å². The van der Waals surface area contributed by atoms with Gasteiger partial charge in [-0.05, 0) is 12.1 Å². The molecule has 1 unspecified atom stereocenters. The second-order valence-corrected chi connectivity index (χ2v) is 6.80. The van der Waals surface area contributed by atoms with Crippen LogP contribution in [0.3, 0.4) is 0 Å². The van der Waals surface area contributed by atoms with Gasteiger partial charge < -0.3 is 9.84 Å². The van der Waals surface area contributed by atoms with Gasteiger partial charge in [0.2, 0.25) is 10.0 Å². The molecule has 0 bridgehead atoms. The lowest BCUT2D eigenvalue weighted by Gasteiger charge is -2.33. The maximum Gasteiger partial charge on any atom is 0.245 e. The number of benzene rings is 1. The summed E-state index contributed by atoms with van der Waals surface area (Å²) in [5.41, 5.74) is 0.936. The molecule has 1 aromatic carbocycles. The van der Waals surface area contributed by atoms with E-state index in [0.29, 0.717) is 18.0 Å². The van der Waals surface area contributed by atoms with E-state index < -0.39 is 16.1 Å². The minimum Gasteiger partial charge on any atom is -0.395 e. The summed E-state index contributed by atoms with van der Waals surface area (Å²) in [6.07, 6.45) is 0. The minimum absolute atomic E-state index is 0.129. The number of aliphatic hydroxyl groups is 1. The molecule has 0 amide bonds. The lowest BCUT2D eigenvalue weighted by Crippen LogP contribution is -2.50. The fourth-order valence-electron chi connectivity index (χ4n) is 2.22. The van der Waals surface area contributed by atoms with Crippen molar-refractivity contribution in [2.75, 3.05) is 26.4 Å². The third-order valence-electron chi connectivity index (χ3n) is 3.22. The van der Waals surface area contributed by atoms with Gasteiger partial charge in [0.05, 0.1) is 37.2 Å². The van der Waals surface area contributed by atoms with Gasteiger partial charge in [0.25, 0.3) is 0 Å². The van der Waals surface area contributed by atoms with E-state index in [1.807, 2.05) is 0 Å². The SMILES string of the molecule is O=S(=O)(c1cccc2c1N=S=N2)N1CCOCC1CO. The topological polar surface area (TPSA) is 91.6 Å². The first-order valence-corrected chi connectivity index (χ1v) is 8.23. The van der Waals surface area contributed by atoms with E-state index in [1.165, 1.54) is 10.4 Å². The molecule has 1 N–H and O–H groups in total. The number of morpholine rings is 1. The zero-order chi connectivity index (χ0) is 14.2. The molecule has 0 saturated carbocycles. The summed E-state index contributed by atoms with van der Waals surface area (Å²) < 4.78 is 40.1. The summed E-state index contributed by atoms with van der Waals surface area (Å²) in [4.78, 5) is 0.129. The first-order valence-electron chi connectivity index (χ1n) is 6.06. The third-order valence-corrected chi connectivity index (χ3v) is 5.75. The second kappa shape index (κ2) is 5.34. The quantitative estimate of drug-likeness (QED) is 0.906. The average Bonchev–Trinajstić information content (AvgIpc) is 2.95. The summed E-state index contributed by atoms with van der Waals surface area (Å²) in [6.45, 7) is 0.466. The van der Waals surface area contributed by atoms with Crippen molar-refractivity contribution in [3.05, 3.63) is 18.2 Å². The normalized spacial score (nSPS) is 22.6. The lowest BCUT2D eigenvalue weighted by atomic mass is 10.3. The van der Waals surface area contributed by atoms with E-state index in [2.05, 4.69) is 8.73 Å². The van der Waals surface area contributed by atoms with Gasteiger partial charge in [-0.1, -0.05) is 6.07 Å². The zero-order valence-electron chi connectivity index (χ0n) is 10.5. The Morgan fingerprint density at radius 3 is 3.10 bits per heavy atom. The Labute approximate surface area is 120 Å². The van der Waals surface area contributed by atoms with Gasteiger partial charge in [0.15, 0.2) is 0 Å². The molecule has 2 heterocycles. The molecule has 7 nitrogen and oxygen atoms in total. The second-order valence-electron chi connectivity index (χ2n) is 4.42. The fourth-order valence-corrected chi connectivity index (χ4v) is 4.56. The molecular weight excluding hydrogens is 302 g/mol. The number of nitrogens with zero attached hydrogens (tertiary/aromatic N) is 3. The van der Waals surface area contributed by atoms with Crippen molar-refractivity contribution in [2.24, 2.45) is 8.73 Å². The number of hydrogen-bond acceptors (Lipinski definition) is 6. The van der Waals surface area contributed by atoms with E-state index in [4.69, 9.17) is 4.74 Å². The van der Waals surface area contributed by atoms with Crippen LogP contribution in [0.5, 0.6) is 0 Å². The predicted octanol–water partition coefficient (Wildman–Crippen LogP) is 0.795. The first-order chi connectivity index (χ1) is 9.64. The van der Waals surface area contributed by atoms with Crippen LogP contribution in [-0.4, -0.2) is 50.2 Å². The number of fused-ring (bicyclic) bond motifs is 1. The van der Waals surface area contributed by atoms with Crippen molar-refractivity contribution in [3.63, 3.8) is 0 Å². The lowest BCUT2D eigenvalue weighted by molar-refractivity contribution is 0.0109. The van der Waals surface area contributed by atoms with Crippen LogP contribution in [0.25, 0.3) is 0 Å². The van der Waals surface area contributed by atoms with Crippen LogP contribution in [0, 0.1) is 0 Å². The molecule has 3 rings (SSSR count). The number of sulfonamides is 1. The smallest absolute Gasteiger partial charge is 0.245 e. The van der Waals surface area contributed by atoms with Crippen molar-refractivity contribution in [1.29, 1.82) is 0 Å². The third kappa shape index (κ3) is 2.21. The minimum atomic E-state index is -3.72. The maximum absolute atomic E-state index is 12.8. The Bertz CT molecular complexity index is 698. The molecule has 1 aromatic rings. The highest BCUT2D eigenvalue weighted by atomic mass is 32.2. The monoisotopic (exact) mass is 315 g/mol. The number of ether oxygens (including phenoxy) is 1. The van der Waals surface area contributed by atoms with Gasteiger partial charge in [0, 0.05) is 6.54 Å². The van der Waals surface area contributed by atoms with Gasteiger partial charge in [-0.25, -0.2) is 8.42 Å². The molecule has 1 fully saturated rings. The van der Waals surface area contributed by atoms with Gasteiger partial charge in [0.1, 0.15) is 16.3 Å². The summed E-state index contributed by atoms with van der Waals surface area (Å²) in [7, 11) is -3.72. The Balaban J connectivity index is 2.04. The zero-order valence-corrected chi connectivity index (χ0v) is 12.1. The van der Waals surface area contributed by atoms with Gasteiger partial charge in [-0.15, -0.1) is 0 Å². The van der Waals surface area contributed by atoms with E-state index in [1.54, 1.807) is 12.1 Å². The van der Waals surface area contributed by atoms with Crippen LogP contribution < -0.4 is 0 Å². The molecule has 20 heavy (non-hydrogen) atoms. The highest BCUT2D eigenvalue weighted by Crippen LogP contribution is 2.39. The van der Waals surface area contributed by atoms with E-state index >= 15 is 0 Å². The van der Waals surface area contributed by atoms with Crippen molar-refractivity contribution < 1.29 is 18.3 Å². The molecule has 1 saturated heterocycles. The van der Waals surface area contributed by atoms with E-state index in [9.17, 15) is 13.5 Å². The van der Waals surface area contributed by atoms with E-state index in [0.717, 1.165) is 11.4 Å². The Morgan fingerprint density at radius 1 is 1.45 bits per heavy atom. The first kappa shape index (κ1) is 13.8. The molecule has 9 heteroatoms. The largest absolute Gasteiger partial charge is 0.395 e. The summed E-state index contributed by atoms with van der Waals surface area (Å²) in [6, 6.07) is 4.32. The molecule has 2 aliphatic heterocycles. The molecule has 1 atom stereocenters. The van der Waals surface area contributed by atoms with Crippen molar-refractivity contribution in [2.45, 2.75) is 10.9 Å². The Hall–Kier alpha value is -1.13. The Morgan fingerprint density at radius 2 is 2.30 bits per heavy atom. The molecule has 0 spiro atoms. The average molecular weight is 315 g/mol. The standard InChI is InChI=1S/C11H13N3O4S2/c15-6-8-7-18-5-4-14(8)20(16,17)10-3-1-2-9-11(10)13-19-12-9/h1-3,8,15H,4-7H2. The fraction of sp³-hybridized carbons (Fsp3) is 0.455. The summed E-state index contributed by atoms with van der Waals surface area (Å²) in [5.74, 6) is 0. The van der Waals surface area contributed by atoms with Crippen molar-refractivity contribution in [1.82, 2.24) is 4.31 Å². The maximum atomic E-state index is 12.8. The van der Waals surface area contributed by atoms with Crippen LogP contribution in [0.4, 0.5) is 11.4 Å². The van der Waals surface area contributed by atoms with Crippen molar-refractivity contribution >= 4 is 32.8 Å². The van der Waals surface area contributed by atoms with Crippen LogP contribution >= 0.6 is 0 Å². The predicted molar refractivity (Wildman–Crippen MR) is 73.6 cm³/mol. The summed E-state index contributed by atoms with van der Waals surface area (Å²) in [5, 5.41) is 9.33. The molecule has 0 aromatic heterocycles. The van der Waals surface area contributed by atoms with Gasteiger partial charge in [-0.3, -0.25) is 0 Å². The summed E-state index contributed by atoms with van der Waals surface area (Å²) >= 11 is 0.979. The van der Waals surface area contributed by atoms with Crippen LogP contribution in [0.15, 0.2) is 31.8 Å². The highest BCUT2D eigenvalue weighted by molar-refractivity contribution is 7.89. The Kier molecular flexibility index (Phi) is 3.69. The van der Waals surface area contributed by atoms with Crippen LogP contribution in [-0.2, 0) is 26.1 Å².